The maximum Gasteiger partial charge on any atom is 0.230 e. The lowest BCUT2D eigenvalue weighted by Gasteiger charge is -2.24. The first-order chi connectivity index (χ1) is 14.6. The molecule has 0 bridgehead atoms. The molecular weight excluding hydrogens is 384 g/mol. The summed E-state index contributed by atoms with van der Waals surface area (Å²) in [7, 11) is 0. The van der Waals surface area contributed by atoms with Gasteiger partial charge in [-0.25, -0.2) is 0 Å². The molecule has 0 radical (unpaired) electrons. The lowest BCUT2D eigenvalue weighted by Crippen LogP contribution is -2.31. The summed E-state index contributed by atoms with van der Waals surface area (Å²) in [5.74, 6) is -0.0139. The summed E-state index contributed by atoms with van der Waals surface area (Å²) in [4.78, 5) is 25.0. The summed E-state index contributed by atoms with van der Waals surface area (Å²) in [5.41, 5.74) is 0.541. The van der Waals surface area contributed by atoms with E-state index in [1.54, 1.807) is 0 Å². The summed E-state index contributed by atoms with van der Waals surface area (Å²) in [6.07, 6.45) is 13.9. The first kappa shape index (κ1) is 27.2. The van der Waals surface area contributed by atoms with Gasteiger partial charge in [0.05, 0.1) is 0 Å². The fourth-order valence-electron chi connectivity index (χ4n) is 3.46. The Hall–Kier alpha value is -1.84. The van der Waals surface area contributed by atoms with E-state index in [-0.39, 0.29) is 11.8 Å². The van der Waals surface area contributed by atoms with Gasteiger partial charge in [0.15, 0.2) is 0 Å². The Morgan fingerprint density at radius 2 is 1.16 bits per heavy atom. The normalized spacial score (nSPS) is 11.9. The van der Waals surface area contributed by atoms with Gasteiger partial charge in [-0.1, -0.05) is 112 Å². The smallest absolute Gasteiger partial charge is 0.230 e. The van der Waals surface area contributed by atoms with Crippen molar-refractivity contribution >= 4 is 23.2 Å². The highest BCUT2D eigenvalue weighted by atomic mass is 16.2. The van der Waals surface area contributed by atoms with Crippen LogP contribution in [-0.4, -0.2) is 11.8 Å². The van der Waals surface area contributed by atoms with E-state index < -0.39 is 10.8 Å². The molecule has 0 spiro atoms. The Kier molecular flexibility index (Phi) is 11.9. The molecule has 1 rings (SSSR count). The van der Waals surface area contributed by atoms with Gasteiger partial charge in [0, 0.05) is 22.2 Å². The van der Waals surface area contributed by atoms with Crippen molar-refractivity contribution in [2.45, 2.75) is 112 Å². The molecule has 0 unspecified atom stereocenters. The third-order valence-electron chi connectivity index (χ3n) is 5.83. The van der Waals surface area contributed by atoms with Crippen molar-refractivity contribution in [3.63, 3.8) is 0 Å². The molecule has 0 saturated heterocycles. The van der Waals surface area contributed by atoms with Crippen molar-refractivity contribution in [1.82, 2.24) is 0 Å². The number of unbranched alkanes of at least 4 members (excludes halogenated alkanes) is 9. The molecule has 0 atom stereocenters. The predicted octanol–water partition coefficient (Wildman–Crippen LogP) is 7.95. The van der Waals surface area contributed by atoms with Crippen LogP contribution in [0.4, 0.5) is 11.4 Å². The zero-order chi connectivity index (χ0) is 23.3. The third kappa shape index (κ3) is 11.4. The zero-order valence-electron chi connectivity index (χ0n) is 20.9. The molecule has 4 nitrogen and oxygen atoms in total. The van der Waals surface area contributed by atoms with Crippen LogP contribution in [0.15, 0.2) is 24.3 Å². The second kappa shape index (κ2) is 13.5. The molecule has 2 N–H and O–H groups in total. The zero-order valence-corrected chi connectivity index (χ0v) is 20.9. The van der Waals surface area contributed by atoms with Crippen LogP contribution >= 0.6 is 0 Å². The monoisotopic (exact) mass is 430 g/mol. The summed E-state index contributed by atoms with van der Waals surface area (Å²) in [6, 6.07) is 7.37. The molecule has 0 fully saturated rings. The van der Waals surface area contributed by atoms with E-state index in [9.17, 15) is 9.59 Å². The van der Waals surface area contributed by atoms with Crippen molar-refractivity contribution in [1.29, 1.82) is 0 Å². The number of hydrogen-bond donors (Lipinski definition) is 2. The van der Waals surface area contributed by atoms with Crippen LogP contribution in [0.25, 0.3) is 0 Å². The van der Waals surface area contributed by atoms with Crippen LogP contribution in [0.2, 0.25) is 0 Å². The van der Waals surface area contributed by atoms with Gasteiger partial charge in [0.25, 0.3) is 0 Å². The van der Waals surface area contributed by atoms with Crippen molar-refractivity contribution < 1.29 is 9.59 Å². The molecule has 0 aliphatic heterocycles. The average Bonchev–Trinajstić information content (AvgIpc) is 2.69. The fraction of sp³-hybridized carbons (Fsp3) is 0.704. The number of rotatable bonds is 14. The topological polar surface area (TPSA) is 58.2 Å². The van der Waals surface area contributed by atoms with Crippen LogP contribution in [-0.2, 0) is 9.59 Å². The van der Waals surface area contributed by atoms with Crippen molar-refractivity contribution in [2.24, 2.45) is 10.8 Å². The minimum atomic E-state index is -0.462. The van der Waals surface area contributed by atoms with Gasteiger partial charge in [0.2, 0.25) is 11.8 Å². The largest absolute Gasteiger partial charge is 0.326 e. The van der Waals surface area contributed by atoms with Gasteiger partial charge < -0.3 is 10.6 Å². The molecule has 4 heteroatoms. The van der Waals surface area contributed by atoms with E-state index in [4.69, 9.17) is 0 Å². The SMILES string of the molecule is CCCCCCCCCCCCC(C)(C)C(=O)Nc1cccc(NC(=O)C(C)(C)C)c1. The van der Waals surface area contributed by atoms with E-state index in [1.807, 2.05) is 58.9 Å². The van der Waals surface area contributed by atoms with E-state index >= 15 is 0 Å². The Morgan fingerprint density at radius 3 is 1.65 bits per heavy atom. The number of nitrogens with one attached hydrogen (secondary N) is 2. The number of carbonyl (C=O) groups excluding carboxylic acids is 2. The average molecular weight is 431 g/mol. The van der Waals surface area contributed by atoms with Crippen LogP contribution in [0.3, 0.4) is 0 Å². The number of hydrogen-bond acceptors (Lipinski definition) is 2. The van der Waals surface area contributed by atoms with E-state index in [0.29, 0.717) is 11.4 Å². The van der Waals surface area contributed by atoms with Gasteiger partial charge in [-0.05, 0) is 24.6 Å². The van der Waals surface area contributed by atoms with E-state index in [0.717, 1.165) is 12.8 Å². The summed E-state index contributed by atoms with van der Waals surface area (Å²) >= 11 is 0. The molecule has 176 valence electrons. The van der Waals surface area contributed by atoms with Crippen LogP contribution in [0.5, 0.6) is 0 Å². The lowest BCUT2D eigenvalue weighted by molar-refractivity contribution is -0.124. The minimum Gasteiger partial charge on any atom is -0.326 e. The molecule has 31 heavy (non-hydrogen) atoms. The van der Waals surface area contributed by atoms with E-state index in [2.05, 4.69) is 17.6 Å². The maximum atomic E-state index is 12.8. The predicted molar refractivity (Wildman–Crippen MR) is 133 cm³/mol. The van der Waals surface area contributed by atoms with Crippen LogP contribution < -0.4 is 10.6 Å². The van der Waals surface area contributed by atoms with Crippen molar-refractivity contribution in [3.05, 3.63) is 24.3 Å². The van der Waals surface area contributed by atoms with Crippen molar-refractivity contribution in [3.8, 4) is 0 Å². The summed E-state index contributed by atoms with van der Waals surface area (Å²) in [6.45, 7) is 11.9. The van der Waals surface area contributed by atoms with Gasteiger partial charge >= 0.3 is 0 Å². The quantitative estimate of drug-likeness (QED) is 0.294. The number of benzene rings is 1. The minimum absolute atomic E-state index is 0.0303. The standard InChI is InChI=1S/C27H46N2O2/c1-7-8-9-10-11-12-13-14-15-16-20-27(5,6)25(31)29-23-19-17-18-22(21-23)28-24(30)26(2,3)4/h17-19,21H,7-16,20H2,1-6H3,(H,28,30)(H,29,31). The number of anilines is 2. The first-order valence-corrected chi connectivity index (χ1v) is 12.3. The van der Waals surface area contributed by atoms with Crippen LogP contribution in [0, 0.1) is 10.8 Å². The highest BCUT2D eigenvalue weighted by molar-refractivity contribution is 5.97. The Morgan fingerprint density at radius 1 is 0.710 bits per heavy atom. The summed E-state index contributed by atoms with van der Waals surface area (Å²) in [5, 5.41) is 5.95. The van der Waals surface area contributed by atoms with Crippen molar-refractivity contribution in [2.75, 3.05) is 10.6 Å². The first-order valence-electron chi connectivity index (χ1n) is 12.3. The molecule has 0 aliphatic carbocycles. The van der Waals surface area contributed by atoms with Gasteiger partial charge in [-0.3, -0.25) is 9.59 Å². The molecular formula is C27H46N2O2. The Labute approximate surface area is 191 Å². The Bertz CT molecular complexity index is 674. The van der Waals surface area contributed by atoms with Gasteiger partial charge in [-0.15, -0.1) is 0 Å². The lowest BCUT2D eigenvalue weighted by atomic mass is 9.85. The fourth-order valence-corrected chi connectivity index (χ4v) is 3.46. The molecule has 0 aliphatic rings. The third-order valence-corrected chi connectivity index (χ3v) is 5.83. The number of amides is 2. The molecule has 1 aromatic carbocycles. The van der Waals surface area contributed by atoms with E-state index in [1.165, 1.54) is 57.8 Å². The summed E-state index contributed by atoms with van der Waals surface area (Å²) < 4.78 is 0. The highest BCUT2D eigenvalue weighted by Crippen LogP contribution is 2.27. The second-order valence-electron chi connectivity index (χ2n) is 10.6. The molecule has 0 heterocycles. The molecule has 2 amide bonds. The molecule has 1 aromatic rings. The van der Waals surface area contributed by atoms with Crippen LogP contribution in [0.1, 0.15) is 112 Å². The Balaban J connectivity index is 2.37. The molecule has 0 saturated carbocycles. The number of carbonyl (C=O) groups is 2. The molecule has 0 aromatic heterocycles. The second-order valence-corrected chi connectivity index (χ2v) is 10.6. The maximum absolute atomic E-state index is 12.8. The highest BCUT2D eigenvalue weighted by Gasteiger charge is 2.27. The van der Waals surface area contributed by atoms with Gasteiger partial charge in [-0.2, -0.15) is 0 Å². The van der Waals surface area contributed by atoms with Gasteiger partial charge in [0.1, 0.15) is 0 Å².